The lowest BCUT2D eigenvalue weighted by Crippen LogP contribution is -2.49. The first-order chi connectivity index (χ1) is 12.0. The minimum absolute atomic E-state index is 0.00264. The van der Waals surface area contributed by atoms with E-state index in [1.54, 1.807) is 32.5 Å². The van der Waals surface area contributed by atoms with Gasteiger partial charge in [-0.3, -0.25) is 9.59 Å². The van der Waals surface area contributed by atoms with Crippen molar-refractivity contribution in [3.8, 4) is 5.88 Å². The summed E-state index contributed by atoms with van der Waals surface area (Å²) in [4.78, 5) is 30.2. The van der Waals surface area contributed by atoms with Gasteiger partial charge < -0.3 is 19.7 Å². The van der Waals surface area contributed by atoms with Crippen LogP contribution in [0.1, 0.15) is 30.1 Å². The molecule has 1 N–H and O–H groups in total. The highest BCUT2D eigenvalue weighted by molar-refractivity contribution is 5.94. The minimum atomic E-state index is -0.0410. The summed E-state index contributed by atoms with van der Waals surface area (Å²) in [6, 6.07) is 3.46. The predicted molar refractivity (Wildman–Crippen MR) is 91.3 cm³/mol. The molecule has 1 aliphatic carbocycles. The van der Waals surface area contributed by atoms with E-state index in [0.29, 0.717) is 29.8 Å². The summed E-state index contributed by atoms with van der Waals surface area (Å²) in [6.45, 7) is 2.96. The summed E-state index contributed by atoms with van der Waals surface area (Å²) in [5, 5.41) is 2.99. The standard InChI is InChI=1S/C18H25N3O4/c1-11(22)20-15-6-13-9-21(10-14(13)7-16(15)24-2)18(23)12-4-5-17(25-3)19-8-12/h4-5,8,13-16H,6-7,9-10H2,1-3H3,(H,20,22)/t13-,14+,15-,16-/m1/s1. The third kappa shape index (κ3) is 3.76. The molecule has 2 fully saturated rings. The molecule has 7 nitrogen and oxygen atoms in total. The van der Waals surface area contributed by atoms with Crippen molar-refractivity contribution in [2.45, 2.75) is 31.9 Å². The van der Waals surface area contributed by atoms with Gasteiger partial charge in [0.05, 0.1) is 24.8 Å². The van der Waals surface area contributed by atoms with Crippen LogP contribution >= 0.6 is 0 Å². The quantitative estimate of drug-likeness (QED) is 0.882. The molecule has 4 atom stereocenters. The molecule has 0 unspecified atom stereocenters. The number of aromatic nitrogens is 1. The number of ether oxygens (including phenoxy) is 2. The molecular formula is C18H25N3O4. The van der Waals surface area contributed by atoms with E-state index in [1.165, 1.54) is 6.92 Å². The second kappa shape index (κ2) is 7.39. The number of hydrogen-bond acceptors (Lipinski definition) is 5. The van der Waals surface area contributed by atoms with Crippen molar-refractivity contribution >= 4 is 11.8 Å². The Balaban J connectivity index is 1.67. The van der Waals surface area contributed by atoms with Crippen LogP contribution in [0.5, 0.6) is 5.88 Å². The van der Waals surface area contributed by atoms with Crippen LogP contribution in [0.2, 0.25) is 0 Å². The summed E-state index contributed by atoms with van der Waals surface area (Å²) in [6.07, 6.45) is 3.26. The topological polar surface area (TPSA) is 80.8 Å². The molecular weight excluding hydrogens is 322 g/mol. The third-order valence-corrected chi connectivity index (χ3v) is 5.29. The van der Waals surface area contributed by atoms with Crippen molar-refractivity contribution in [2.24, 2.45) is 11.8 Å². The van der Waals surface area contributed by atoms with Crippen LogP contribution in [-0.4, -0.2) is 61.2 Å². The normalized spacial score (nSPS) is 28.4. The highest BCUT2D eigenvalue weighted by Crippen LogP contribution is 2.38. The summed E-state index contributed by atoms with van der Waals surface area (Å²) < 4.78 is 10.6. The van der Waals surface area contributed by atoms with Crippen LogP contribution in [0.4, 0.5) is 0 Å². The Morgan fingerprint density at radius 2 is 1.92 bits per heavy atom. The third-order valence-electron chi connectivity index (χ3n) is 5.29. The lowest BCUT2D eigenvalue weighted by Gasteiger charge is -2.37. The second-order valence-electron chi connectivity index (χ2n) is 6.87. The van der Waals surface area contributed by atoms with E-state index in [9.17, 15) is 9.59 Å². The molecule has 1 aromatic rings. The summed E-state index contributed by atoms with van der Waals surface area (Å²) in [7, 11) is 3.23. The monoisotopic (exact) mass is 347 g/mol. The molecule has 1 saturated heterocycles. The van der Waals surface area contributed by atoms with E-state index >= 15 is 0 Å². The Kier molecular flexibility index (Phi) is 5.22. The van der Waals surface area contributed by atoms with Crippen LogP contribution in [0.3, 0.4) is 0 Å². The van der Waals surface area contributed by atoms with Gasteiger partial charge in [-0.2, -0.15) is 0 Å². The molecule has 1 saturated carbocycles. The number of nitrogens with one attached hydrogen (secondary N) is 1. The number of rotatable bonds is 4. The lowest BCUT2D eigenvalue weighted by atomic mass is 9.77. The van der Waals surface area contributed by atoms with E-state index in [0.717, 1.165) is 19.4 Å². The first-order valence-corrected chi connectivity index (χ1v) is 8.61. The van der Waals surface area contributed by atoms with Gasteiger partial charge in [0.25, 0.3) is 5.91 Å². The van der Waals surface area contributed by atoms with Gasteiger partial charge in [0.2, 0.25) is 11.8 Å². The SMILES string of the molecule is COc1ccc(C(=O)N2C[C@H]3C[C@@H](NC(C)=O)[C@H](OC)C[C@H]3C2)cn1. The number of pyridine rings is 1. The molecule has 136 valence electrons. The van der Waals surface area contributed by atoms with Gasteiger partial charge in [0.15, 0.2) is 0 Å². The molecule has 2 heterocycles. The molecule has 0 radical (unpaired) electrons. The number of nitrogens with zero attached hydrogens (tertiary/aromatic N) is 2. The molecule has 0 bridgehead atoms. The van der Waals surface area contributed by atoms with Crippen LogP contribution in [0.15, 0.2) is 18.3 Å². The molecule has 1 aliphatic heterocycles. The van der Waals surface area contributed by atoms with Gasteiger partial charge in [-0.25, -0.2) is 4.98 Å². The van der Waals surface area contributed by atoms with Crippen LogP contribution in [0.25, 0.3) is 0 Å². The summed E-state index contributed by atoms with van der Waals surface area (Å²) >= 11 is 0. The molecule has 0 spiro atoms. The van der Waals surface area contributed by atoms with Crippen LogP contribution in [-0.2, 0) is 9.53 Å². The molecule has 0 aromatic carbocycles. The smallest absolute Gasteiger partial charge is 0.255 e. The van der Waals surface area contributed by atoms with Gasteiger partial charge in [-0.1, -0.05) is 0 Å². The van der Waals surface area contributed by atoms with Gasteiger partial charge in [0, 0.05) is 39.4 Å². The zero-order valence-electron chi connectivity index (χ0n) is 14.9. The van der Waals surface area contributed by atoms with Crippen molar-refractivity contribution in [2.75, 3.05) is 27.3 Å². The van der Waals surface area contributed by atoms with Crippen molar-refractivity contribution in [1.29, 1.82) is 0 Å². The van der Waals surface area contributed by atoms with E-state index in [2.05, 4.69) is 10.3 Å². The Morgan fingerprint density at radius 1 is 1.20 bits per heavy atom. The Bertz CT molecular complexity index is 634. The van der Waals surface area contributed by atoms with Gasteiger partial charge in [-0.15, -0.1) is 0 Å². The van der Waals surface area contributed by atoms with Gasteiger partial charge in [-0.05, 0) is 30.7 Å². The fourth-order valence-electron chi connectivity index (χ4n) is 4.06. The van der Waals surface area contributed by atoms with E-state index in [-0.39, 0.29) is 24.0 Å². The predicted octanol–water partition coefficient (Wildman–Crippen LogP) is 1.09. The first kappa shape index (κ1) is 17.7. The van der Waals surface area contributed by atoms with Crippen molar-refractivity contribution in [1.82, 2.24) is 15.2 Å². The lowest BCUT2D eigenvalue weighted by molar-refractivity contribution is -0.121. The molecule has 1 aromatic heterocycles. The average molecular weight is 347 g/mol. The second-order valence-corrected chi connectivity index (χ2v) is 6.87. The Labute approximate surface area is 147 Å². The van der Waals surface area contributed by atoms with E-state index < -0.39 is 0 Å². The van der Waals surface area contributed by atoms with Crippen molar-refractivity contribution < 1.29 is 19.1 Å². The highest BCUT2D eigenvalue weighted by Gasteiger charge is 2.44. The van der Waals surface area contributed by atoms with Gasteiger partial charge in [0.1, 0.15) is 0 Å². The van der Waals surface area contributed by atoms with Crippen molar-refractivity contribution in [3.63, 3.8) is 0 Å². The van der Waals surface area contributed by atoms with Gasteiger partial charge >= 0.3 is 0 Å². The number of hydrogen-bond donors (Lipinski definition) is 1. The van der Waals surface area contributed by atoms with Crippen LogP contribution in [0, 0.1) is 11.8 Å². The van der Waals surface area contributed by atoms with E-state index in [4.69, 9.17) is 9.47 Å². The number of carbonyl (C=O) groups is 2. The maximum Gasteiger partial charge on any atom is 0.255 e. The summed E-state index contributed by atoms with van der Waals surface area (Å²) in [5.74, 6) is 1.24. The number of methoxy groups -OCH3 is 2. The minimum Gasteiger partial charge on any atom is -0.481 e. The molecule has 3 rings (SSSR count). The molecule has 25 heavy (non-hydrogen) atoms. The maximum atomic E-state index is 12.7. The zero-order valence-corrected chi connectivity index (χ0v) is 14.9. The van der Waals surface area contributed by atoms with Crippen molar-refractivity contribution in [3.05, 3.63) is 23.9 Å². The fourth-order valence-corrected chi connectivity index (χ4v) is 4.06. The molecule has 2 aliphatic rings. The highest BCUT2D eigenvalue weighted by atomic mass is 16.5. The number of carbonyl (C=O) groups excluding carboxylic acids is 2. The molecule has 2 amide bonds. The zero-order chi connectivity index (χ0) is 18.0. The maximum absolute atomic E-state index is 12.7. The summed E-state index contributed by atoms with van der Waals surface area (Å²) in [5.41, 5.74) is 0.571. The average Bonchev–Trinajstić information content (AvgIpc) is 3.02. The number of fused-ring (bicyclic) bond motifs is 1. The van der Waals surface area contributed by atoms with E-state index in [1.807, 2.05) is 4.90 Å². The van der Waals surface area contributed by atoms with Crippen LogP contribution < -0.4 is 10.1 Å². The number of likely N-dealkylation sites (tertiary alicyclic amines) is 1. The first-order valence-electron chi connectivity index (χ1n) is 8.61. The Hall–Kier alpha value is -2.15. The molecule has 7 heteroatoms. The number of amides is 2. The fraction of sp³-hybridized carbons (Fsp3) is 0.611. The Morgan fingerprint density at radius 3 is 2.48 bits per heavy atom. The largest absolute Gasteiger partial charge is 0.481 e.